The number of halogens is 1. The number of ether oxygens (including phenoxy) is 1. The van der Waals surface area contributed by atoms with Gasteiger partial charge in [-0.25, -0.2) is 9.45 Å². The second kappa shape index (κ2) is 3.84. The van der Waals surface area contributed by atoms with Gasteiger partial charge in [0.1, 0.15) is 23.9 Å². The number of hydroxylamine groups is 1. The van der Waals surface area contributed by atoms with Crippen LogP contribution in [0.1, 0.15) is 6.92 Å². The molecule has 0 bridgehead atoms. The van der Waals surface area contributed by atoms with Crippen LogP contribution in [0.15, 0.2) is 18.2 Å². The third kappa shape index (κ3) is 1.65. The summed E-state index contributed by atoms with van der Waals surface area (Å²) < 4.78 is 18.2. The molecule has 3 nitrogen and oxygen atoms in total. The van der Waals surface area contributed by atoms with Crippen molar-refractivity contribution in [2.24, 2.45) is 0 Å². The zero-order chi connectivity index (χ0) is 9.97. The van der Waals surface area contributed by atoms with Gasteiger partial charge in [-0.15, -0.1) is 0 Å². The molecule has 1 aromatic carbocycles. The van der Waals surface area contributed by atoms with Crippen molar-refractivity contribution in [3.63, 3.8) is 0 Å². The Morgan fingerprint density at radius 2 is 2.43 bits per heavy atom. The van der Waals surface area contributed by atoms with E-state index in [1.165, 1.54) is 12.1 Å². The molecule has 0 unspecified atom stereocenters. The first kappa shape index (κ1) is 9.27. The smallest absolute Gasteiger partial charge is 0.147 e. The van der Waals surface area contributed by atoms with Crippen LogP contribution in [-0.4, -0.2) is 19.8 Å². The maximum Gasteiger partial charge on any atom is 0.147 e. The molecule has 0 amide bonds. The van der Waals surface area contributed by atoms with Crippen molar-refractivity contribution in [1.82, 2.24) is 0 Å². The topological polar surface area (TPSA) is 21.7 Å². The van der Waals surface area contributed by atoms with Crippen molar-refractivity contribution in [3.8, 4) is 5.75 Å². The zero-order valence-corrected chi connectivity index (χ0v) is 8.00. The van der Waals surface area contributed by atoms with Gasteiger partial charge in [-0.05, 0) is 19.1 Å². The maximum atomic E-state index is 12.9. The van der Waals surface area contributed by atoms with Gasteiger partial charge in [-0.2, -0.15) is 0 Å². The Balaban J connectivity index is 2.30. The number of benzene rings is 1. The van der Waals surface area contributed by atoms with Gasteiger partial charge in [-0.1, -0.05) is 0 Å². The summed E-state index contributed by atoms with van der Waals surface area (Å²) in [6, 6.07) is 4.44. The van der Waals surface area contributed by atoms with E-state index in [0.717, 1.165) is 5.69 Å². The van der Waals surface area contributed by atoms with E-state index in [0.29, 0.717) is 25.5 Å². The van der Waals surface area contributed by atoms with E-state index in [4.69, 9.17) is 9.57 Å². The molecule has 0 spiro atoms. The fraction of sp³-hybridized carbons (Fsp3) is 0.400. The SMILES string of the molecule is CCON1CCOc2cc(F)ccc21. The highest BCUT2D eigenvalue weighted by molar-refractivity contribution is 5.58. The van der Waals surface area contributed by atoms with Gasteiger partial charge in [0, 0.05) is 6.07 Å². The zero-order valence-electron chi connectivity index (χ0n) is 8.00. The van der Waals surface area contributed by atoms with Crippen LogP contribution in [0.3, 0.4) is 0 Å². The van der Waals surface area contributed by atoms with Crippen molar-refractivity contribution < 1.29 is 14.0 Å². The molecule has 1 aliphatic heterocycles. The molecule has 4 heteroatoms. The first-order valence-electron chi connectivity index (χ1n) is 4.64. The Bertz CT molecular complexity index is 330. The van der Waals surface area contributed by atoms with Crippen molar-refractivity contribution in [2.75, 3.05) is 24.8 Å². The number of fused-ring (bicyclic) bond motifs is 1. The minimum Gasteiger partial charge on any atom is -0.489 e. The Hall–Kier alpha value is -1.29. The summed E-state index contributed by atoms with van der Waals surface area (Å²) >= 11 is 0. The van der Waals surface area contributed by atoms with Crippen LogP contribution in [-0.2, 0) is 4.84 Å². The second-order valence-corrected chi connectivity index (χ2v) is 2.98. The van der Waals surface area contributed by atoms with Crippen molar-refractivity contribution in [3.05, 3.63) is 24.0 Å². The molecule has 0 aromatic heterocycles. The first-order chi connectivity index (χ1) is 6.81. The van der Waals surface area contributed by atoms with Gasteiger partial charge < -0.3 is 4.74 Å². The minimum atomic E-state index is -0.290. The molecule has 1 aromatic rings. The molecule has 1 heterocycles. The van der Waals surface area contributed by atoms with Gasteiger partial charge in [-0.3, -0.25) is 4.84 Å². The number of rotatable bonds is 2. The lowest BCUT2D eigenvalue weighted by molar-refractivity contribution is 0.0984. The first-order valence-corrected chi connectivity index (χ1v) is 4.64. The summed E-state index contributed by atoms with van der Waals surface area (Å²) in [6.07, 6.45) is 0. The summed E-state index contributed by atoms with van der Waals surface area (Å²) in [5.41, 5.74) is 0.791. The second-order valence-electron chi connectivity index (χ2n) is 2.98. The lowest BCUT2D eigenvalue weighted by Crippen LogP contribution is -2.32. The molecule has 0 N–H and O–H groups in total. The van der Waals surface area contributed by atoms with Crippen LogP contribution in [0.4, 0.5) is 10.1 Å². The van der Waals surface area contributed by atoms with Gasteiger partial charge in [0.25, 0.3) is 0 Å². The molecular formula is C10H12FNO2. The molecule has 0 radical (unpaired) electrons. The van der Waals surface area contributed by atoms with Crippen LogP contribution >= 0.6 is 0 Å². The molecule has 0 aliphatic carbocycles. The van der Waals surface area contributed by atoms with Crippen molar-refractivity contribution >= 4 is 5.69 Å². The van der Waals surface area contributed by atoms with Crippen LogP contribution in [0.25, 0.3) is 0 Å². The van der Waals surface area contributed by atoms with Crippen molar-refractivity contribution in [1.29, 1.82) is 0 Å². The third-order valence-corrected chi connectivity index (χ3v) is 2.03. The van der Waals surface area contributed by atoms with E-state index in [9.17, 15) is 4.39 Å². The van der Waals surface area contributed by atoms with E-state index in [1.807, 2.05) is 6.92 Å². The third-order valence-electron chi connectivity index (χ3n) is 2.03. The Morgan fingerprint density at radius 3 is 3.21 bits per heavy atom. The largest absolute Gasteiger partial charge is 0.489 e. The fourth-order valence-electron chi connectivity index (χ4n) is 1.46. The highest BCUT2D eigenvalue weighted by atomic mass is 19.1. The highest BCUT2D eigenvalue weighted by Gasteiger charge is 2.18. The van der Waals surface area contributed by atoms with Crippen LogP contribution in [0.5, 0.6) is 5.75 Å². The summed E-state index contributed by atoms with van der Waals surface area (Å²) in [4.78, 5) is 5.38. The summed E-state index contributed by atoms with van der Waals surface area (Å²) in [7, 11) is 0. The molecule has 0 saturated carbocycles. The predicted molar refractivity (Wildman–Crippen MR) is 50.9 cm³/mol. The molecular weight excluding hydrogens is 185 g/mol. The van der Waals surface area contributed by atoms with E-state index in [-0.39, 0.29) is 5.82 Å². The van der Waals surface area contributed by atoms with E-state index in [2.05, 4.69) is 0 Å². The van der Waals surface area contributed by atoms with E-state index < -0.39 is 0 Å². The normalized spacial score (nSPS) is 14.9. The van der Waals surface area contributed by atoms with Gasteiger partial charge in [0.2, 0.25) is 0 Å². The quantitative estimate of drug-likeness (QED) is 0.723. The molecule has 0 atom stereocenters. The Kier molecular flexibility index (Phi) is 2.54. The van der Waals surface area contributed by atoms with Crippen LogP contribution in [0.2, 0.25) is 0 Å². The van der Waals surface area contributed by atoms with E-state index in [1.54, 1.807) is 11.1 Å². The lowest BCUT2D eigenvalue weighted by Gasteiger charge is -2.29. The molecule has 0 saturated heterocycles. The Labute approximate surface area is 82.0 Å². The van der Waals surface area contributed by atoms with Crippen molar-refractivity contribution in [2.45, 2.75) is 6.92 Å². The Morgan fingerprint density at radius 1 is 1.57 bits per heavy atom. The molecule has 1 aliphatic rings. The van der Waals surface area contributed by atoms with Crippen LogP contribution < -0.4 is 9.80 Å². The van der Waals surface area contributed by atoms with Gasteiger partial charge in [0.05, 0.1) is 13.2 Å². The monoisotopic (exact) mass is 197 g/mol. The molecule has 2 rings (SSSR count). The number of hydrogen-bond donors (Lipinski definition) is 0. The minimum absolute atomic E-state index is 0.290. The fourth-order valence-corrected chi connectivity index (χ4v) is 1.46. The molecule has 0 fully saturated rings. The average Bonchev–Trinajstić information content (AvgIpc) is 2.18. The maximum absolute atomic E-state index is 12.9. The number of nitrogens with zero attached hydrogens (tertiary/aromatic N) is 1. The molecule has 76 valence electrons. The lowest BCUT2D eigenvalue weighted by atomic mass is 10.2. The van der Waals surface area contributed by atoms with E-state index >= 15 is 0 Å². The van der Waals surface area contributed by atoms with Crippen LogP contribution in [0, 0.1) is 5.82 Å². The standard InChI is InChI=1S/C10H12FNO2/c1-2-14-12-5-6-13-10-7-8(11)3-4-9(10)12/h3-4,7H,2,5-6H2,1H3. The van der Waals surface area contributed by atoms with Gasteiger partial charge >= 0.3 is 0 Å². The highest BCUT2D eigenvalue weighted by Crippen LogP contribution is 2.31. The summed E-state index contributed by atoms with van der Waals surface area (Å²) in [6.45, 7) is 3.71. The van der Waals surface area contributed by atoms with Gasteiger partial charge in [0.15, 0.2) is 0 Å². The number of anilines is 1. The molecule has 14 heavy (non-hydrogen) atoms. The average molecular weight is 197 g/mol. The summed E-state index contributed by atoms with van der Waals surface area (Å²) in [5, 5.41) is 1.73. The number of hydrogen-bond acceptors (Lipinski definition) is 3. The summed E-state index contributed by atoms with van der Waals surface area (Å²) in [5.74, 6) is 0.256. The predicted octanol–water partition coefficient (Wildman–Crippen LogP) is 1.98.